The van der Waals surface area contributed by atoms with Crippen LogP contribution >= 0.6 is 23.8 Å². The molecule has 4 heteroatoms. The first-order chi connectivity index (χ1) is 8.24. The van der Waals surface area contributed by atoms with Crippen molar-refractivity contribution >= 4 is 34.9 Å². The van der Waals surface area contributed by atoms with Crippen LogP contribution in [0.3, 0.4) is 0 Å². The van der Waals surface area contributed by atoms with E-state index in [2.05, 4.69) is 22.5 Å². The molecule has 92 valence electrons. The molecular weight excluding hydrogens is 252 g/mol. The van der Waals surface area contributed by atoms with Crippen molar-refractivity contribution in [3.8, 4) is 0 Å². The summed E-state index contributed by atoms with van der Waals surface area (Å²) in [7, 11) is 0. The lowest BCUT2D eigenvalue weighted by Crippen LogP contribution is -1.97. The second kappa shape index (κ2) is 5.69. The van der Waals surface area contributed by atoms with Crippen molar-refractivity contribution in [3.63, 3.8) is 0 Å². The number of aromatic nitrogens is 2. The van der Waals surface area contributed by atoms with Crippen LogP contribution in [0.2, 0.25) is 5.02 Å². The number of aryl methyl sites for hydroxylation is 1. The standard InChI is InChI=1S/C13H17ClN2S/c1-2-3-4-5-9-16-11-8-6-7-10(14)12(11)15-13(16)17/h6-8H,2-5,9H2,1H3,(H,15,17). The predicted molar refractivity (Wildman–Crippen MR) is 76.3 cm³/mol. The fraction of sp³-hybridized carbons (Fsp3) is 0.462. The van der Waals surface area contributed by atoms with Crippen molar-refractivity contribution in [2.45, 2.75) is 39.2 Å². The maximum absolute atomic E-state index is 6.14. The SMILES string of the molecule is CCCCCCn1c(=S)[nH]c2c(Cl)cccc21. The number of rotatable bonds is 5. The monoisotopic (exact) mass is 268 g/mol. The molecule has 0 spiro atoms. The number of fused-ring (bicyclic) bond motifs is 1. The van der Waals surface area contributed by atoms with E-state index in [1.165, 1.54) is 25.7 Å². The molecule has 1 N–H and O–H groups in total. The molecule has 0 aliphatic rings. The number of hydrogen-bond acceptors (Lipinski definition) is 1. The second-order valence-corrected chi connectivity index (χ2v) is 5.07. The predicted octanol–water partition coefficient (Wildman–Crippen LogP) is 4.93. The van der Waals surface area contributed by atoms with E-state index in [0.29, 0.717) is 0 Å². The maximum Gasteiger partial charge on any atom is 0.178 e. The van der Waals surface area contributed by atoms with Crippen molar-refractivity contribution < 1.29 is 0 Å². The van der Waals surface area contributed by atoms with Crippen LogP contribution in [0.15, 0.2) is 18.2 Å². The van der Waals surface area contributed by atoms with E-state index in [1.54, 1.807) is 0 Å². The summed E-state index contributed by atoms with van der Waals surface area (Å²) in [6.45, 7) is 3.19. The molecule has 0 radical (unpaired) electrons. The van der Waals surface area contributed by atoms with E-state index in [1.807, 2.05) is 12.1 Å². The summed E-state index contributed by atoms with van der Waals surface area (Å²) in [4.78, 5) is 3.18. The van der Waals surface area contributed by atoms with Crippen molar-refractivity contribution in [2.24, 2.45) is 0 Å². The normalized spacial score (nSPS) is 11.2. The van der Waals surface area contributed by atoms with Gasteiger partial charge in [0.05, 0.1) is 16.1 Å². The average molecular weight is 269 g/mol. The third-order valence-electron chi connectivity index (χ3n) is 2.99. The Bertz CT molecular complexity index is 556. The topological polar surface area (TPSA) is 20.7 Å². The van der Waals surface area contributed by atoms with Gasteiger partial charge in [0, 0.05) is 6.54 Å². The van der Waals surface area contributed by atoms with Crippen molar-refractivity contribution in [1.82, 2.24) is 9.55 Å². The molecule has 0 aliphatic carbocycles. The number of para-hydroxylation sites is 1. The van der Waals surface area contributed by atoms with Gasteiger partial charge < -0.3 is 9.55 Å². The highest BCUT2D eigenvalue weighted by molar-refractivity contribution is 7.71. The first-order valence-electron chi connectivity index (χ1n) is 6.11. The lowest BCUT2D eigenvalue weighted by molar-refractivity contribution is 0.587. The summed E-state index contributed by atoms with van der Waals surface area (Å²) in [5, 5.41) is 0.737. The minimum Gasteiger partial charge on any atom is -0.329 e. The fourth-order valence-corrected chi connectivity index (χ4v) is 2.57. The van der Waals surface area contributed by atoms with Gasteiger partial charge in [0.15, 0.2) is 4.77 Å². The van der Waals surface area contributed by atoms with Crippen molar-refractivity contribution in [1.29, 1.82) is 0 Å². The zero-order valence-corrected chi connectivity index (χ0v) is 11.6. The highest BCUT2D eigenvalue weighted by atomic mass is 35.5. The van der Waals surface area contributed by atoms with E-state index >= 15 is 0 Å². The number of H-pyrrole nitrogens is 1. The van der Waals surface area contributed by atoms with Crippen LogP contribution in [0, 0.1) is 4.77 Å². The molecule has 1 aromatic heterocycles. The minimum absolute atomic E-state index is 0.737. The van der Waals surface area contributed by atoms with Crippen LogP contribution in [-0.2, 0) is 6.54 Å². The molecule has 0 amide bonds. The van der Waals surface area contributed by atoms with Gasteiger partial charge in [-0.1, -0.05) is 43.9 Å². The van der Waals surface area contributed by atoms with Gasteiger partial charge in [-0.3, -0.25) is 0 Å². The first-order valence-corrected chi connectivity index (χ1v) is 6.89. The molecule has 2 aromatic rings. The van der Waals surface area contributed by atoms with Crippen LogP contribution in [0.25, 0.3) is 11.0 Å². The smallest absolute Gasteiger partial charge is 0.178 e. The second-order valence-electron chi connectivity index (χ2n) is 4.28. The summed E-state index contributed by atoms with van der Waals surface area (Å²) in [6, 6.07) is 5.92. The number of halogens is 1. The number of benzene rings is 1. The zero-order valence-electron chi connectivity index (χ0n) is 10.0. The Hall–Kier alpha value is -0.800. The molecule has 1 aromatic carbocycles. The average Bonchev–Trinajstić information content (AvgIpc) is 2.63. The van der Waals surface area contributed by atoms with Crippen molar-refractivity contribution in [3.05, 3.63) is 28.0 Å². The number of nitrogens with one attached hydrogen (secondary N) is 1. The number of unbranched alkanes of at least 4 members (excludes halogenated alkanes) is 3. The lowest BCUT2D eigenvalue weighted by atomic mass is 10.2. The summed E-state index contributed by atoms with van der Waals surface area (Å²) in [6.07, 6.45) is 4.97. The molecule has 0 fully saturated rings. The van der Waals surface area contributed by atoms with Gasteiger partial charge in [0.1, 0.15) is 0 Å². The van der Waals surface area contributed by atoms with Gasteiger partial charge in [0.25, 0.3) is 0 Å². The van der Waals surface area contributed by atoms with Gasteiger partial charge >= 0.3 is 0 Å². The van der Waals surface area contributed by atoms with Crippen LogP contribution in [-0.4, -0.2) is 9.55 Å². The lowest BCUT2D eigenvalue weighted by Gasteiger charge is -2.04. The molecule has 2 nitrogen and oxygen atoms in total. The van der Waals surface area contributed by atoms with Crippen LogP contribution < -0.4 is 0 Å². The number of hydrogen-bond donors (Lipinski definition) is 1. The van der Waals surface area contributed by atoms with E-state index < -0.39 is 0 Å². The van der Waals surface area contributed by atoms with Crippen LogP contribution in [0.5, 0.6) is 0 Å². The van der Waals surface area contributed by atoms with Gasteiger partial charge in [-0.2, -0.15) is 0 Å². The Labute approximate surface area is 112 Å². The van der Waals surface area contributed by atoms with Gasteiger partial charge in [0.2, 0.25) is 0 Å². The molecule has 17 heavy (non-hydrogen) atoms. The third kappa shape index (κ3) is 2.72. The van der Waals surface area contributed by atoms with Crippen LogP contribution in [0.4, 0.5) is 0 Å². The molecule has 0 aliphatic heterocycles. The number of nitrogens with zero attached hydrogens (tertiary/aromatic N) is 1. The fourth-order valence-electron chi connectivity index (χ4n) is 2.06. The Morgan fingerprint density at radius 1 is 1.29 bits per heavy atom. The summed E-state index contributed by atoms with van der Waals surface area (Å²) in [5.41, 5.74) is 2.06. The molecule has 0 saturated carbocycles. The number of aromatic amines is 1. The Balaban J connectivity index is 2.25. The Kier molecular flexibility index (Phi) is 4.24. The zero-order chi connectivity index (χ0) is 12.3. The minimum atomic E-state index is 0.737. The van der Waals surface area contributed by atoms with Gasteiger partial charge in [-0.25, -0.2) is 0 Å². The Morgan fingerprint density at radius 3 is 2.88 bits per heavy atom. The summed E-state index contributed by atoms with van der Waals surface area (Å²) in [5.74, 6) is 0. The maximum atomic E-state index is 6.14. The van der Waals surface area contributed by atoms with E-state index in [-0.39, 0.29) is 0 Å². The molecule has 0 saturated heterocycles. The quantitative estimate of drug-likeness (QED) is 0.602. The van der Waals surface area contributed by atoms with Gasteiger partial charge in [-0.15, -0.1) is 0 Å². The van der Waals surface area contributed by atoms with Crippen molar-refractivity contribution in [2.75, 3.05) is 0 Å². The van der Waals surface area contributed by atoms with E-state index in [4.69, 9.17) is 23.8 Å². The molecule has 1 heterocycles. The van der Waals surface area contributed by atoms with Crippen LogP contribution in [0.1, 0.15) is 32.6 Å². The summed E-state index contributed by atoms with van der Waals surface area (Å²) < 4.78 is 2.91. The highest BCUT2D eigenvalue weighted by Crippen LogP contribution is 2.22. The number of imidazole rings is 1. The third-order valence-corrected chi connectivity index (χ3v) is 3.63. The Morgan fingerprint density at radius 2 is 2.12 bits per heavy atom. The summed E-state index contributed by atoms with van der Waals surface area (Å²) >= 11 is 11.5. The van der Waals surface area contributed by atoms with E-state index in [9.17, 15) is 0 Å². The molecule has 0 unspecified atom stereocenters. The van der Waals surface area contributed by atoms with E-state index in [0.717, 1.165) is 27.4 Å². The largest absolute Gasteiger partial charge is 0.329 e. The molecular formula is C13H17ClN2S. The molecule has 0 atom stereocenters. The first kappa shape index (κ1) is 12.7. The highest BCUT2D eigenvalue weighted by Gasteiger charge is 2.06. The molecule has 0 bridgehead atoms. The molecule has 2 rings (SSSR count). The van der Waals surface area contributed by atoms with Gasteiger partial charge in [-0.05, 0) is 30.8 Å².